The third kappa shape index (κ3) is 5.20. The predicted molar refractivity (Wildman–Crippen MR) is 136 cm³/mol. The van der Waals surface area contributed by atoms with E-state index < -0.39 is 12.1 Å². The molecule has 8 nitrogen and oxygen atoms in total. The van der Waals surface area contributed by atoms with Crippen molar-refractivity contribution in [3.8, 4) is 0 Å². The second kappa shape index (κ2) is 10.9. The van der Waals surface area contributed by atoms with Crippen LogP contribution in [-0.2, 0) is 20.8 Å². The first-order valence-electron chi connectivity index (χ1n) is 11.3. The maximum Gasteiger partial charge on any atom is 0.356 e. The number of amides is 1. The molecule has 9 heteroatoms. The molecule has 2 N–H and O–H groups in total. The van der Waals surface area contributed by atoms with Crippen molar-refractivity contribution in [2.24, 2.45) is 0 Å². The smallest absolute Gasteiger partial charge is 0.356 e. The predicted octanol–water partition coefficient (Wildman–Crippen LogP) is 4.15. The number of rotatable bonds is 9. The Balaban J connectivity index is 1.83. The minimum Gasteiger partial charge on any atom is -0.464 e. The molecule has 1 aliphatic rings. The molecule has 1 saturated heterocycles. The molecule has 180 valence electrons. The Morgan fingerprint density at radius 1 is 1.32 bits per heavy atom. The van der Waals surface area contributed by atoms with Gasteiger partial charge in [0, 0.05) is 30.3 Å². The van der Waals surface area contributed by atoms with Crippen LogP contribution in [0.3, 0.4) is 0 Å². The van der Waals surface area contributed by atoms with Crippen LogP contribution in [0, 0.1) is 0 Å². The van der Waals surface area contributed by atoms with E-state index >= 15 is 0 Å². The first kappa shape index (κ1) is 24.1. The van der Waals surface area contributed by atoms with Crippen molar-refractivity contribution >= 4 is 46.0 Å². The van der Waals surface area contributed by atoms with E-state index in [-0.39, 0.29) is 17.6 Å². The van der Waals surface area contributed by atoms with Gasteiger partial charge >= 0.3 is 5.97 Å². The fraction of sp³-hybridized carbons (Fsp3) is 0.400. The van der Waals surface area contributed by atoms with Gasteiger partial charge in [0.05, 0.1) is 24.7 Å². The topological polar surface area (TPSA) is 94.5 Å². The van der Waals surface area contributed by atoms with Crippen LogP contribution in [0.2, 0.25) is 0 Å². The third-order valence-corrected chi connectivity index (χ3v) is 6.59. The van der Waals surface area contributed by atoms with E-state index in [9.17, 15) is 9.59 Å². The van der Waals surface area contributed by atoms with Crippen LogP contribution >= 0.6 is 11.8 Å². The Hall–Kier alpha value is -3.04. The highest BCUT2D eigenvalue weighted by Gasteiger charge is 2.30. The largest absolute Gasteiger partial charge is 0.464 e. The van der Waals surface area contributed by atoms with Gasteiger partial charge in [0.25, 0.3) is 5.91 Å². The maximum absolute atomic E-state index is 13.0. The number of hydrogen-bond donors (Lipinski definition) is 2. The van der Waals surface area contributed by atoms with Crippen molar-refractivity contribution in [2.75, 3.05) is 36.4 Å². The lowest BCUT2D eigenvalue weighted by Crippen LogP contribution is -2.28. The Morgan fingerprint density at radius 2 is 2.12 bits per heavy atom. The lowest BCUT2D eigenvalue weighted by molar-refractivity contribution is -0.124. The number of esters is 1. The second-order valence-electron chi connectivity index (χ2n) is 8.37. The number of thioether (sulfide) groups is 1. The molecule has 0 aliphatic carbocycles. The number of nitrogens with zero attached hydrogens (tertiary/aromatic N) is 2. The van der Waals surface area contributed by atoms with Gasteiger partial charge in [-0.05, 0) is 37.7 Å². The van der Waals surface area contributed by atoms with E-state index in [1.807, 2.05) is 36.4 Å². The van der Waals surface area contributed by atoms with Gasteiger partial charge in [-0.15, -0.1) is 0 Å². The fourth-order valence-electron chi connectivity index (χ4n) is 4.22. The van der Waals surface area contributed by atoms with Crippen molar-refractivity contribution < 1.29 is 19.1 Å². The van der Waals surface area contributed by atoms with Crippen LogP contribution in [-0.4, -0.2) is 59.3 Å². The lowest BCUT2D eigenvalue weighted by atomic mass is 10.2. The SMILES string of the molecule is COC(=O)c1c(NC(=O)C2CCCO2)c2cc(NC(C)CSC)cnc2n1Cc1ccccc1. The highest BCUT2D eigenvalue weighted by atomic mass is 32.2. The zero-order chi connectivity index (χ0) is 24.1. The molecule has 4 rings (SSSR count). The molecule has 0 saturated carbocycles. The number of carbonyl (C=O) groups is 2. The van der Waals surface area contributed by atoms with Crippen molar-refractivity contribution in [3.05, 3.63) is 53.9 Å². The van der Waals surface area contributed by atoms with Gasteiger partial charge in [-0.1, -0.05) is 30.3 Å². The highest BCUT2D eigenvalue weighted by molar-refractivity contribution is 7.98. The lowest BCUT2D eigenvalue weighted by Gasteiger charge is -2.14. The molecule has 3 aromatic rings. The number of anilines is 2. The molecule has 1 aromatic carbocycles. The van der Waals surface area contributed by atoms with Crippen molar-refractivity contribution in [1.29, 1.82) is 0 Å². The molecule has 2 atom stereocenters. The second-order valence-corrected chi connectivity index (χ2v) is 9.28. The number of carbonyl (C=O) groups excluding carboxylic acids is 2. The Morgan fingerprint density at radius 3 is 2.79 bits per heavy atom. The average Bonchev–Trinajstić information content (AvgIpc) is 3.47. The molecular formula is C25H30N4O4S. The summed E-state index contributed by atoms with van der Waals surface area (Å²) >= 11 is 1.75. The number of hydrogen-bond acceptors (Lipinski definition) is 7. The normalized spacial score (nSPS) is 16.4. The van der Waals surface area contributed by atoms with Crippen molar-refractivity contribution in [1.82, 2.24) is 9.55 Å². The number of fused-ring (bicyclic) bond motifs is 1. The summed E-state index contributed by atoms with van der Waals surface area (Å²) in [6, 6.07) is 12.0. The maximum atomic E-state index is 13.0. The molecule has 0 spiro atoms. The Kier molecular flexibility index (Phi) is 7.74. The summed E-state index contributed by atoms with van der Waals surface area (Å²) in [6.45, 7) is 3.06. The standard InChI is InChI=1S/C25H30N4O4S/c1-16(15-34-3)27-18-12-19-21(28-24(30)20-10-7-11-33-20)22(25(31)32-2)29(23(19)26-13-18)14-17-8-5-4-6-9-17/h4-6,8-9,12-13,16,20,27H,7,10-11,14-15H2,1-3H3,(H,28,30). The number of ether oxygens (including phenoxy) is 2. The van der Waals surface area contributed by atoms with E-state index in [1.54, 1.807) is 22.5 Å². The van der Waals surface area contributed by atoms with Gasteiger partial charge in [-0.25, -0.2) is 9.78 Å². The molecule has 0 radical (unpaired) electrons. The number of methoxy groups -OCH3 is 1. The zero-order valence-electron chi connectivity index (χ0n) is 19.7. The first-order chi connectivity index (χ1) is 16.5. The summed E-state index contributed by atoms with van der Waals surface area (Å²) < 4.78 is 12.5. The summed E-state index contributed by atoms with van der Waals surface area (Å²) in [6.07, 6.45) is 4.77. The van der Waals surface area contributed by atoms with E-state index in [0.717, 1.165) is 23.4 Å². The third-order valence-electron chi connectivity index (χ3n) is 5.76. The van der Waals surface area contributed by atoms with Crippen LogP contribution in [0.25, 0.3) is 11.0 Å². The fourth-order valence-corrected chi connectivity index (χ4v) is 4.81. The zero-order valence-corrected chi connectivity index (χ0v) is 20.5. The highest BCUT2D eigenvalue weighted by Crippen LogP contribution is 2.34. The summed E-state index contributed by atoms with van der Waals surface area (Å²) in [7, 11) is 1.34. The van der Waals surface area contributed by atoms with Crippen LogP contribution < -0.4 is 10.6 Å². The minimum absolute atomic E-state index is 0.227. The molecule has 1 fully saturated rings. The number of aromatic nitrogens is 2. The van der Waals surface area contributed by atoms with Crippen molar-refractivity contribution in [2.45, 2.75) is 38.5 Å². The van der Waals surface area contributed by atoms with Crippen molar-refractivity contribution in [3.63, 3.8) is 0 Å². The molecule has 1 amide bonds. The molecular weight excluding hydrogens is 452 g/mol. The van der Waals surface area contributed by atoms with Gasteiger partial charge in [0.15, 0.2) is 5.69 Å². The minimum atomic E-state index is -0.540. The summed E-state index contributed by atoms with van der Waals surface area (Å²) in [5.41, 5.74) is 3.06. The first-order valence-corrected chi connectivity index (χ1v) is 12.7. The van der Waals surface area contributed by atoms with E-state index in [2.05, 4.69) is 23.8 Å². The summed E-state index contributed by atoms with van der Waals surface area (Å²) in [4.78, 5) is 30.7. The Labute approximate surface area is 203 Å². The molecule has 3 heterocycles. The summed E-state index contributed by atoms with van der Waals surface area (Å²) in [5, 5.41) is 7.08. The van der Waals surface area contributed by atoms with Gasteiger partial charge in [-0.2, -0.15) is 11.8 Å². The molecule has 2 aromatic heterocycles. The monoisotopic (exact) mass is 482 g/mol. The van der Waals surface area contributed by atoms with Gasteiger partial charge in [0.1, 0.15) is 11.8 Å². The van der Waals surface area contributed by atoms with E-state index in [0.29, 0.717) is 36.3 Å². The number of benzene rings is 1. The molecule has 0 bridgehead atoms. The van der Waals surface area contributed by atoms with Gasteiger partial charge in [0.2, 0.25) is 0 Å². The number of nitrogens with one attached hydrogen (secondary N) is 2. The average molecular weight is 483 g/mol. The van der Waals surface area contributed by atoms with Gasteiger partial charge in [-0.3, -0.25) is 4.79 Å². The van der Waals surface area contributed by atoms with Crippen LogP contribution in [0.1, 0.15) is 35.8 Å². The quantitative estimate of drug-likeness (QED) is 0.443. The number of pyridine rings is 1. The molecule has 1 aliphatic heterocycles. The van der Waals surface area contributed by atoms with Crippen LogP contribution in [0.15, 0.2) is 42.6 Å². The molecule has 2 unspecified atom stereocenters. The summed E-state index contributed by atoms with van der Waals surface area (Å²) in [5.74, 6) is 0.126. The van der Waals surface area contributed by atoms with Crippen LogP contribution in [0.5, 0.6) is 0 Å². The van der Waals surface area contributed by atoms with E-state index in [1.165, 1.54) is 7.11 Å². The molecule has 34 heavy (non-hydrogen) atoms. The Bertz CT molecular complexity index is 1160. The van der Waals surface area contributed by atoms with Gasteiger partial charge < -0.3 is 24.7 Å². The van der Waals surface area contributed by atoms with Crippen LogP contribution in [0.4, 0.5) is 11.4 Å². The van der Waals surface area contributed by atoms with E-state index in [4.69, 9.17) is 14.5 Å².